The van der Waals surface area contributed by atoms with Crippen molar-refractivity contribution in [3.05, 3.63) is 40.3 Å². The number of nitrogens with one attached hydrogen (secondary N) is 1. The zero-order valence-corrected chi connectivity index (χ0v) is 8.34. The quantitative estimate of drug-likeness (QED) is 0.771. The van der Waals surface area contributed by atoms with Crippen LogP contribution in [0.25, 0.3) is 11.0 Å². The van der Waals surface area contributed by atoms with E-state index in [1.54, 1.807) is 0 Å². The molecule has 1 aromatic heterocycles. The highest BCUT2D eigenvalue weighted by Gasteiger charge is 1.96. The summed E-state index contributed by atoms with van der Waals surface area (Å²) < 4.78 is 0. The van der Waals surface area contributed by atoms with E-state index in [0.717, 1.165) is 21.9 Å². The largest absolute Gasteiger partial charge is 0.319 e. The van der Waals surface area contributed by atoms with Gasteiger partial charge in [0.25, 0.3) is 5.56 Å². The van der Waals surface area contributed by atoms with Gasteiger partial charge >= 0.3 is 0 Å². The molecule has 0 amide bonds. The molecule has 1 aromatic carbocycles. The minimum Gasteiger partial charge on any atom is -0.319 e. The number of aromatic nitrogens is 2. The van der Waals surface area contributed by atoms with Crippen LogP contribution in [0.4, 0.5) is 0 Å². The molecule has 0 spiro atoms. The van der Waals surface area contributed by atoms with Gasteiger partial charge < -0.3 is 4.98 Å². The Kier molecular flexibility index (Phi) is 2.14. The van der Waals surface area contributed by atoms with Gasteiger partial charge in [-0.15, -0.1) is 0 Å². The first kappa shape index (κ1) is 8.44. The number of rotatable bonds is 1. The van der Waals surface area contributed by atoms with Gasteiger partial charge in [-0.2, -0.15) is 0 Å². The number of hydrogen-bond donors (Lipinski definition) is 1. The highest BCUT2D eigenvalue weighted by molar-refractivity contribution is 9.08. The van der Waals surface area contributed by atoms with Crippen LogP contribution in [-0.4, -0.2) is 9.97 Å². The van der Waals surface area contributed by atoms with Crippen LogP contribution in [0, 0.1) is 0 Å². The van der Waals surface area contributed by atoms with Crippen LogP contribution >= 0.6 is 15.9 Å². The maximum absolute atomic E-state index is 11.0. The molecule has 0 aliphatic heterocycles. The molecule has 2 aromatic rings. The smallest absolute Gasteiger partial charge is 0.266 e. The number of aromatic amines is 1. The summed E-state index contributed by atoms with van der Waals surface area (Å²) in [7, 11) is 0. The van der Waals surface area contributed by atoms with Crippen molar-refractivity contribution in [3.8, 4) is 0 Å². The molecule has 13 heavy (non-hydrogen) atoms. The molecule has 1 N–H and O–H groups in total. The lowest BCUT2D eigenvalue weighted by atomic mass is 10.2. The minimum atomic E-state index is -0.167. The number of fused-ring (bicyclic) bond motifs is 1. The van der Waals surface area contributed by atoms with Gasteiger partial charge in [-0.1, -0.05) is 22.0 Å². The number of nitrogens with zero attached hydrogens (tertiary/aromatic N) is 1. The first-order chi connectivity index (χ1) is 6.29. The van der Waals surface area contributed by atoms with E-state index in [9.17, 15) is 4.79 Å². The van der Waals surface area contributed by atoms with Gasteiger partial charge in [0, 0.05) is 5.33 Å². The topological polar surface area (TPSA) is 45.8 Å². The molecule has 0 saturated heterocycles. The third kappa shape index (κ3) is 1.62. The molecule has 66 valence electrons. The van der Waals surface area contributed by atoms with Crippen molar-refractivity contribution >= 4 is 27.0 Å². The Hall–Kier alpha value is -1.16. The maximum atomic E-state index is 11.0. The summed E-state index contributed by atoms with van der Waals surface area (Å²) in [4.78, 5) is 17.7. The van der Waals surface area contributed by atoms with Crippen molar-refractivity contribution in [1.82, 2.24) is 9.97 Å². The molecule has 2 rings (SSSR count). The Morgan fingerprint density at radius 3 is 3.08 bits per heavy atom. The summed E-state index contributed by atoms with van der Waals surface area (Å²) in [5.74, 6) is 0. The van der Waals surface area contributed by atoms with Crippen LogP contribution in [0.1, 0.15) is 5.56 Å². The third-order valence-corrected chi connectivity index (χ3v) is 2.44. The van der Waals surface area contributed by atoms with Gasteiger partial charge in [-0.05, 0) is 17.7 Å². The zero-order valence-electron chi connectivity index (χ0n) is 6.75. The molecule has 0 aliphatic carbocycles. The summed E-state index contributed by atoms with van der Waals surface area (Å²) >= 11 is 3.35. The standard InChI is InChI=1S/C9H7BrN2O/c10-4-6-1-2-7-8(3-6)12-9(13)5-11-7/h1-3,5H,4H2,(H,12,13). The first-order valence-corrected chi connectivity index (χ1v) is 4.95. The number of halogens is 1. The van der Waals surface area contributed by atoms with Gasteiger partial charge in [-0.25, -0.2) is 4.98 Å². The summed E-state index contributed by atoms with van der Waals surface area (Å²) in [6.07, 6.45) is 1.29. The van der Waals surface area contributed by atoms with Crippen molar-refractivity contribution in [3.63, 3.8) is 0 Å². The lowest BCUT2D eigenvalue weighted by Crippen LogP contribution is -2.04. The van der Waals surface area contributed by atoms with Crippen LogP contribution in [0.2, 0.25) is 0 Å². The van der Waals surface area contributed by atoms with Crippen molar-refractivity contribution in [2.75, 3.05) is 0 Å². The lowest BCUT2D eigenvalue weighted by Gasteiger charge is -1.98. The SMILES string of the molecule is O=c1cnc2ccc(CBr)cc2[nH]1. The predicted molar refractivity (Wildman–Crippen MR) is 55.0 cm³/mol. The third-order valence-electron chi connectivity index (χ3n) is 1.79. The fourth-order valence-corrected chi connectivity index (χ4v) is 1.52. The first-order valence-electron chi connectivity index (χ1n) is 3.83. The van der Waals surface area contributed by atoms with Gasteiger partial charge in [0.2, 0.25) is 0 Å². The Morgan fingerprint density at radius 1 is 1.46 bits per heavy atom. The van der Waals surface area contributed by atoms with Gasteiger partial charge in [0.15, 0.2) is 0 Å². The van der Waals surface area contributed by atoms with E-state index in [0.29, 0.717) is 0 Å². The maximum Gasteiger partial charge on any atom is 0.266 e. The average Bonchev–Trinajstić information content (AvgIpc) is 2.16. The number of benzene rings is 1. The van der Waals surface area contributed by atoms with E-state index in [1.807, 2.05) is 18.2 Å². The van der Waals surface area contributed by atoms with Crippen molar-refractivity contribution < 1.29 is 0 Å². The molecular formula is C9H7BrN2O. The van der Waals surface area contributed by atoms with Crippen molar-refractivity contribution in [2.24, 2.45) is 0 Å². The Bertz CT molecular complexity index is 492. The molecule has 3 nitrogen and oxygen atoms in total. The van der Waals surface area contributed by atoms with Gasteiger partial charge in [0.05, 0.1) is 17.2 Å². The van der Waals surface area contributed by atoms with E-state index >= 15 is 0 Å². The second-order valence-corrected chi connectivity index (χ2v) is 3.29. The fraction of sp³-hybridized carbons (Fsp3) is 0.111. The summed E-state index contributed by atoms with van der Waals surface area (Å²) in [6.45, 7) is 0. The summed E-state index contributed by atoms with van der Waals surface area (Å²) in [5, 5.41) is 0.778. The van der Waals surface area contributed by atoms with Crippen molar-refractivity contribution in [1.29, 1.82) is 0 Å². The number of alkyl halides is 1. The molecule has 0 atom stereocenters. The molecule has 0 aliphatic rings. The van der Waals surface area contributed by atoms with Crippen LogP contribution in [0.15, 0.2) is 29.2 Å². The summed E-state index contributed by atoms with van der Waals surface area (Å²) in [5.41, 5.74) is 2.55. The minimum absolute atomic E-state index is 0.167. The van der Waals surface area contributed by atoms with E-state index < -0.39 is 0 Å². The average molecular weight is 239 g/mol. The van der Waals surface area contributed by atoms with Crippen LogP contribution in [0.3, 0.4) is 0 Å². The highest BCUT2D eigenvalue weighted by atomic mass is 79.9. The second kappa shape index (κ2) is 3.30. The normalized spacial score (nSPS) is 10.5. The lowest BCUT2D eigenvalue weighted by molar-refractivity contribution is 1.21. The number of hydrogen-bond acceptors (Lipinski definition) is 2. The molecule has 0 radical (unpaired) electrons. The summed E-state index contributed by atoms with van der Waals surface area (Å²) in [6, 6.07) is 5.78. The molecule has 0 unspecified atom stereocenters. The van der Waals surface area contributed by atoms with Crippen LogP contribution in [-0.2, 0) is 5.33 Å². The van der Waals surface area contributed by atoms with Crippen molar-refractivity contribution in [2.45, 2.75) is 5.33 Å². The van der Waals surface area contributed by atoms with E-state index in [4.69, 9.17) is 0 Å². The molecule has 0 bridgehead atoms. The second-order valence-electron chi connectivity index (χ2n) is 2.73. The monoisotopic (exact) mass is 238 g/mol. The molecular weight excluding hydrogens is 232 g/mol. The Labute approximate surface area is 82.9 Å². The Balaban J connectivity index is 2.75. The predicted octanol–water partition coefficient (Wildman–Crippen LogP) is 1.82. The van der Waals surface area contributed by atoms with Crippen LogP contribution in [0.5, 0.6) is 0 Å². The zero-order chi connectivity index (χ0) is 9.26. The Morgan fingerprint density at radius 2 is 2.31 bits per heavy atom. The van der Waals surface area contributed by atoms with Gasteiger partial charge in [0.1, 0.15) is 0 Å². The molecule has 0 saturated carbocycles. The van der Waals surface area contributed by atoms with E-state index in [1.165, 1.54) is 6.20 Å². The molecule has 1 heterocycles. The highest BCUT2D eigenvalue weighted by Crippen LogP contribution is 2.11. The number of H-pyrrole nitrogens is 1. The molecule has 4 heteroatoms. The van der Waals surface area contributed by atoms with Gasteiger partial charge in [-0.3, -0.25) is 4.79 Å². The van der Waals surface area contributed by atoms with E-state index in [-0.39, 0.29) is 5.56 Å². The van der Waals surface area contributed by atoms with E-state index in [2.05, 4.69) is 25.9 Å². The molecule has 0 fully saturated rings. The fourth-order valence-electron chi connectivity index (χ4n) is 1.17. The van der Waals surface area contributed by atoms with Crippen LogP contribution < -0.4 is 5.56 Å².